The van der Waals surface area contributed by atoms with Crippen molar-refractivity contribution >= 4 is 46.6 Å². The molecule has 6 rings (SSSR count). The molecule has 0 bridgehead atoms. The number of fused-ring (bicyclic) bond motifs is 1. The van der Waals surface area contributed by atoms with E-state index in [2.05, 4.69) is 15.6 Å². The fourth-order valence-corrected chi connectivity index (χ4v) is 7.89. The van der Waals surface area contributed by atoms with Crippen LogP contribution in [0.5, 0.6) is 5.75 Å². The van der Waals surface area contributed by atoms with Crippen LogP contribution in [0.2, 0.25) is 0 Å². The summed E-state index contributed by atoms with van der Waals surface area (Å²) in [6, 6.07) is 5.48. The maximum Gasteiger partial charge on any atom is 0.409 e. The predicted octanol–water partition coefficient (Wildman–Crippen LogP) is 3.88. The van der Waals surface area contributed by atoms with Crippen molar-refractivity contribution in [1.82, 2.24) is 30.3 Å². The topological polar surface area (TPSA) is 177 Å². The first-order valence-corrected chi connectivity index (χ1v) is 20.4. The van der Waals surface area contributed by atoms with Gasteiger partial charge in [0.25, 0.3) is 11.8 Å². The first-order valence-electron chi connectivity index (χ1n) is 20.4. The second-order valence-corrected chi connectivity index (χ2v) is 15.5. The Kier molecular flexibility index (Phi) is 14.0. The molecule has 2 saturated heterocycles. The standard InChI is InChI=1S/C41H56N6O9/c1-3-54-41(53)46-21-19-45(20-22-46)40(52)31(16-17-37(49)56-25-28-9-5-4-6-10-28)44-38(50)33-24-35(30-15-14-27(2)23-32(30)43-33)55-26-36(48)47-18-8-13-34(47)39(51)42-29-11-7-12-29/h14-15,23-24,28-29,31,34H,3-13,16-22,25-26H2,1-2H3,(H,42,51)(H,44,50)/t31-,34-/m0/s1. The third-order valence-corrected chi connectivity index (χ3v) is 11.4. The minimum Gasteiger partial charge on any atom is -0.483 e. The molecule has 3 heterocycles. The molecule has 0 radical (unpaired) electrons. The number of likely N-dealkylation sites (tertiary alicyclic amines) is 1. The molecule has 1 aromatic carbocycles. The summed E-state index contributed by atoms with van der Waals surface area (Å²) < 4.78 is 16.8. The zero-order chi connectivity index (χ0) is 39.6. The molecule has 4 aliphatic rings. The van der Waals surface area contributed by atoms with Crippen LogP contribution < -0.4 is 15.4 Å². The van der Waals surface area contributed by atoms with Crippen molar-refractivity contribution in [2.24, 2.45) is 5.92 Å². The van der Waals surface area contributed by atoms with Gasteiger partial charge in [-0.25, -0.2) is 9.78 Å². The Morgan fingerprint density at radius 1 is 0.857 bits per heavy atom. The number of nitrogens with zero attached hydrogens (tertiary/aromatic N) is 4. The molecule has 2 N–H and O–H groups in total. The van der Waals surface area contributed by atoms with E-state index in [4.69, 9.17) is 14.2 Å². The average molecular weight is 777 g/mol. The summed E-state index contributed by atoms with van der Waals surface area (Å²) in [5.74, 6) is -1.35. The maximum atomic E-state index is 14.0. The molecular weight excluding hydrogens is 720 g/mol. The molecular formula is C41H56N6O9. The molecule has 5 amide bonds. The first-order chi connectivity index (χ1) is 27.1. The van der Waals surface area contributed by atoms with Crippen molar-refractivity contribution in [2.75, 3.05) is 52.5 Å². The highest BCUT2D eigenvalue weighted by Crippen LogP contribution is 2.28. The van der Waals surface area contributed by atoms with Crippen LogP contribution in [0.1, 0.15) is 100 Å². The summed E-state index contributed by atoms with van der Waals surface area (Å²) in [5, 5.41) is 6.47. The lowest BCUT2D eigenvalue weighted by molar-refractivity contribution is -0.146. The van der Waals surface area contributed by atoms with Crippen molar-refractivity contribution in [3.63, 3.8) is 0 Å². The van der Waals surface area contributed by atoms with Gasteiger partial charge < -0.3 is 39.5 Å². The number of aryl methyl sites for hydroxylation is 1. The zero-order valence-electron chi connectivity index (χ0n) is 32.7. The summed E-state index contributed by atoms with van der Waals surface area (Å²) in [7, 11) is 0. The Labute approximate surface area is 328 Å². The Hall–Kier alpha value is -4.95. The number of ether oxygens (including phenoxy) is 3. The van der Waals surface area contributed by atoms with Gasteiger partial charge in [0, 0.05) is 56.6 Å². The Morgan fingerprint density at radius 3 is 2.32 bits per heavy atom. The Morgan fingerprint density at radius 2 is 1.61 bits per heavy atom. The molecule has 4 fully saturated rings. The van der Waals surface area contributed by atoms with E-state index in [0.717, 1.165) is 56.9 Å². The van der Waals surface area contributed by atoms with Gasteiger partial charge in [-0.2, -0.15) is 0 Å². The van der Waals surface area contributed by atoms with Crippen molar-refractivity contribution in [1.29, 1.82) is 0 Å². The third-order valence-electron chi connectivity index (χ3n) is 11.4. The molecule has 2 aromatic rings. The van der Waals surface area contributed by atoms with E-state index >= 15 is 0 Å². The second-order valence-electron chi connectivity index (χ2n) is 15.5. The van der Waals surface area contributed by atoms with Crippen molar-refractivity contribution in [2.45, 2.75) is 109 Å². The number of carbonyl (C=O) groups is 6. The molecule has 2 aliphatic heterocycles. The van der Waals surface area contributed by atoms with Gasteiger partial charge in [0.05, 0.1) is 18.7 Å². The van der Waals surface area contributed by atoms with Gasteiger partial charge in [0.1, 0.15) is 23.5 Å². The van der Waals surface area contributed by atoms with Gasteiger partial charge in [0.15, 0.2) is 6.61 Å². The lowest BCUT2D eigenvalue weighted by Gasteiger charge is -2.36. The molecule has 1 aromatic heterocycles. The number of piperazine rings is 1. The van der Waals surface area contributed by atoms with Crippen LogP contribution in [-0.4, -0.2) is 126 Å². The first kappa shape index (κ1) is 40.7. The quantitative estimate of drug-likeness (QED) is 0.268. The van der Waals surface area contributed by atoms with Crippen molar-refractivity contribution in [3.05, 3.63) is 35.5 Å². The summed E-state index contributed by atoms with van der Waals surface area (Å²) in [6.07, 6.45) is 9.27. The molecule has 2 aliphatic carbocycles. The van der Waals surface area contributed by atoms with Crippen LogP contribution in [0.25, 0.3) is 10.9 Å². The van der Waals surface area contributed by atoms with E-state index in [1.165, 1.54) is 17.4 Å². The highest BCUT2D eigenvalue weighted by Gasteiger charge is 2.36. The van der Waals surface area contributed by atoms with Gasteiger partial charge in [-0.1, -0.05) is 25.3 Å². The van der Waals surface area contributed by atoms with E-state index < -0.39 is 30.1 Å². The van der Waals surface area contributed by atoms with E-state index in [0.29, 0.717) is 36.4 Å². The number of hydrogen-bond acceptors (Lipinski definition) is 10. The van der Waals surface area contributed by atoms with Gasteiger partial charge in [0.2, 0.25) is 11.8 Å². The number of nitrogens with one attached hydrogen (secondary N) is 2. The molecule has 56 heavy (non-hydrogen) atoms. The Bertz CT molecular complexity index is 1750. The van der Waals surface area contributed by atoms with E-state index in [1.807, 2.05) is 19.1 Å². The van der Waals surface area contributed by atoms with Gasteiger partial charge >= 0.3 is 12.1 Å². The number of esters is 1. The summed E-state index contributed by atoms with van der Waals surface area (Å²) >= 11 is 0. The predicted molar refractivity (Wildman–Crippen MR) is 206 cm³/mol. The summed E-state index contributed by atoms with van der Waals surface area (Å²) in [5.41, 5.74) is 1.32. The minimum absolute atomic E-state index is 0.00202. The fraction of sp³-hybridized carbons (Fsp3) is 0.634. The monoisotopic (exact) mass is 776 g/mol. The van der Waals surface area contributed by atoms with E-state index in [9.17, 15) is 28.8 Å². The van der Waals surface area contributed by atoms with Crippen LogP contribution in [0.4, 0.5) is 4.79 Å². The van der Waals surface area contributed by atoms with Crippen LogP contribution in [0, 0.1) is 12.8 Å². The number of carbonyl (C=O) groups excluding carboxylic acids is 6. The number of pyridine rings is 1. The lowest BCUT2D eigenvalue weighted by Crippen LogP contribution is -2.56. The SMILES string of the molecule is CCOC(=O)N1CCN(C(=O)[C@H](CCC(=O)OCC2CCCCC2)NC(=O)c2cc(OCC(=O)N3CCC[C@H]3C(=O)NC3CCC3)c3ccc(C)cc3n2)CC1. The van der Waals surface area contributed by atoms with E-state index in [-0.39, 0.29) is 87.4 Å². The minimum atomic E-state index is -1.09. The second kappa shape index (κ2) is 19.3. The van der Waals surface area contributed by atoms with Crippen LogP contribution in [0.3, 0.4) is 0 Å². The molecule has 15 heteroatoms. The maximum absolute atomic E-state index is 14.0. The molecule has 2 saturated carbocycles. The smallest absolute Gasteiger partial charge is 0.409 e. The number of benzene rings is 1. The van der Waals surface area contributed by atoms with E-state index in [1.54, 1.807) is 22.8 Å². The number of aromatic nitrogens is 1. The van der Waals surface area contributed by atoms with Gasteiger partial charge in [-0.3, -0.25) is 24.0 Å². The number of amides is 5. The van der Waals surface area contributed by atoms with Crippen LogP contribution >= 0.6 is 0 Å². The largest absolute Gasteiger partial charge is 0.483 e. The van der Waals surface area contributed by atoms with Gasteiger partial charge in [-0.05, 0) is 88.8 Å². The summed E-state index contributed by atoms with van der Waals surface area (Å²) in [4.78, 5) is 88.9. The summed E-state index contributed by atoms with van der Waals surface area (Å²) in [6.45, 7) is 5.32. The van der Waals surface area contributed by atoms with Crippen molar-refractivity contribution < 1.29 is 43.0 Å². The molecule has 2 atom stereocenters. The van der Waals surface area contributed by atoms with Crippen LogP contribution in [-0.2, 0) is 28.7 Å². The normalized spacial score (nSPS) is 19.5. The highest BCUT2D eigenvalue weighted by atomic mass is 16.6. The number of rotatable bonds is 14. The zero-order valence-corrected chi connectivity index (χ0v) is 32.7. The molecule has 0 unspecified atom stereocenters. The average Bonchev–Trinajstić information content (AvgIpc) is 3.69. The third kappa shape index (κ3) is 10.5. The van der Waals surface area contributed by atoms with Crippen molar-refractivity contribution in [3.8, 4) is 5.75 Å². The molecule has 304 valence electrons. The number of hydrogen-bond donors (Lipinski definition) is 2. The van der Waals surface area contributed by atoms with Crippen LogP contribution in [0.15, 0.2) is 24.3 Å². The Balaban J connectivity index is 1.15. The molecule has 15 nitrogen and oxygen atoms in total. The van der Waals surface area contributed by atoms with Gasteiger partial charge in [-0.15, -0.1) is 0 Å². The molecule has 0 spiro atoms. The fourth-order valence-electron chi connectivity index (χ4n) is 7.89. The lowest BCUT2D eigenvalue weighted by atomic mass is 9.90. The highest BCUT2D eigenvalue weighted by molar-refractivity contribution is 5.99.